The summed E-state index contributed by atoms with van der Waals surface area (Å²) in [6.45, 7) is 2.14. The Balaban J connectivity index is 1.97. The first-order chi connectivity index (χ1) is 9.72. The standard InChI is InChI=1S/C17H18O3/c1-2-14(15-10-6-7-11-16(15)18)17(19)20-12-13-8-4-3-5-9-13/h3-11,14-15H,2,12H2,1H3. The van der Waals surface area contributed by atoms with Gasteiger partial charge in [0.2, 0.25) is 0 Å². The van der Waals surface area contributed by atoms with Crippen LogP contribution in [0.4, 0.5) is 0 Å². The molecule has 0 saturated heterocycles. The summed E-state index contributed by atoms with van der Waals surface area (Å²) in [4.78, 5) is 24.0. The molecule has 1 aromatic rings. The van der Waals surface area contributed by atoms with E-state index < -0.39 is 11.8 Å². The zero-order valence-electron chi connectivity index (χ0n) is 11.5. The van der Waals surface area contributed by atoms with Crippen LogP contribution in [-0.2, 0) is 20.9 Å². The lowest BCUT2D eigenvalue weighted by Gasteiger charge is -2.21. The highest BCUT2D eigenvalue weighted by atomic mass is 16.5. The zero-order valence-corrected chi connectivity index (χ0v) is 11.5. The minimum absolute atomic E-state index is 0.0315. The smallest absolute Gasteiger partial charge is 0.310 e. The topological polar surface area (TPSA) is 43.4 Å². The monoisotopic (exact) mass is 270 g/mol. The summed E-state index contributed by atoms with van der Waals surface area (Å²) < 4.78 is 5.33. The summed E-state index contributed by atoms with van der Waals surface area (Å²) in [5.41, 5.74) is 0.945. The van der Waals surface area contributed by atoms with Crippen LogP contribution in [-0.4, -0.2) is 11.8 Å². The fourth-order valence-electron chi connectivity index (χ4n) is 2.28. The molecule has 20 heavy (non-hydrogen) atoms. The molecule has 1 aliphatic carbocycles. The minimum Gasteiger partial charge on any atom is -0.461 e. The largest absolute Gasteiger partial charge is 0.461 e. The summed E-state index contributed by atoms with van der Waals surface area (Å²) in [7, 11) is 0. The van der Waals surface area contributed by atoms with Gasteiger partial charge in [-0.3, -0.25) is 9.59 Å². The molecule has 3 heteroatoms. The molecular weight excluding hydrogens is 252 g/mol. The number of esters is 1. The molecule has 3 nitrogen and oxygen atoms in total. The highest BCUT2D eigenvalue weighted by Gasteiger charge is 2.31. The number of hydrogen-bond donors (Lipinski definition) is 0. The summed E-state index contributed by atoms with van der Waals surface area (Å²) in [6, 6.07) is 9.53. The number of rotatable bonds is 5. The molecule has 1 aliphatic rings. The van der Waals surface area contributed by atoms with E-state index in [0.29, 0.717) is 6.42 Å². The van der Waals surface area contributed by atoms with E-state index in [2.05, 4.69) is 0 Å². The van der Waals surface area contributed by atoms with Gasteiger partial charge in [-0.1, -0.05) is 55.5 Å². The summed E-state index contributed by atoms with van der Waals surface area (Å²) >= 11 is 0. The molecule has 104 valence electrons. The van der Waals surface area contributed by atoms with Crippen molar-refractivity contribution in [1.29, 1.82) is 0 Å². The van der Waals surface area contributed by atoms with Gasteiger partial charge in [-0.25, -0.2) is 0 Å². The molecule has 2 unspecified atom stereocenters. The van der Waals surface area contributed by atoms with Gasteiger partial charge in [0.15, 0.2) is 5.78 Å². The van der Waals surface area contributed by atoms with Crippen LogP contribution in [0, 0.1) is 11.8 Å². The highest BCUT2D eigenvalue weighted by Crippen LogP contribution is 2.23. The van der Waals surface area contributed by atoms with Gasteiger partial charge in [-0.15, -0.1) is 0 Å². The second kappa shape index (κ2) is 6.85. The lowest BCUT2D eigenvalue weighted by molar-refractivity contribution is -0.152. The van der Waals surface area contributed by atoms with E-state index in [1.165, 1.54) is 6.08 Å². The molecule has 0 amide bonds. The molecular formula is C17H18O3. The molecule has 0 saturated carbocycles. The molecule has 0 fully saturated rings. The van der Waals surface area contributed by atoms with Gasteiger partial charge in [0, 0.05) is 0 Å². The van der Waals surface area contributed by atoms with Crippen molar-refractivity contribution in [2.45, 2.75) is 20.0 Å². The number of ketones is 1. The van der Waals surface area contributed by atoms with E-state index in [4.69, 9.17) is 4.74 Å². The van der Waals surface area contributed by atoms with Gasteiger partial charge in [0.1, 0.15) is 6.61 Å². The molecule has 0 N–H and O–H groups in total. The zero-order chi connectivity index (χ0) is 14.4. The van der Waals surface area contributed by atoms with Gasteiger partial charge in [-0.05, 0) is 18.1 Å². The van der Waals surface area contributed by atoms with Crippen molar-refractivity contribution in [2.24, 2.45) is 11.8 Å². The van der Waals surface area contributed by atoms with Gasteiger partial charge in [0.25, 0.3) is 0 Å². The van der Waals surface area contributed by atoms with Crippen LogP contribution in [0.3, 0.4) is 0 Å². The maximum atomic E-state index is 12.2. The fourth-order valence-corrected chi connectivity index (χ4v) is 2.28. The van der Waals surface area contributed by atoms with E-state index in [0.717, 1.165) is 5.56 Å². The first-order valence-corrected chi connectivity index (χ1v) is 6.81. The second-order valence-corrected chi connectivity index (χ2v) is 4.78. The Kier molecular flexibility index (Phi) is 4.88. The molecule has 0 heterocycles. The average molecular weight is 270 g/mol. The lowest BCUT2D eigenvalue weighted by atomic mass is 9.84. The van der Waals surface area contributed by atoms with E-state index in [9.17, 15) is 9.59 Å². The summed E-state index contributed by atoms with van der Waals surface area (Å²) in [5.74, 6) is -1.15. The van der Waals surface area contributed by atoms with Crippen LogP contribution in [0.1, 0.15) is 18.9 Å². The molecule has 0 aromatic heterocycles. The second-order valence-electron chi connectivity index (χ2n) is 4.78. The Hall–Kier alpha value is -2.16. The molecule has 2 rings (SSSR count). The van der Waals surface area contributed by atoms with Crippen molar-refractivity contribution in [3.63, 3.8) is 0 Å². The Morgan fingerprint density at radius 1 is 1.25 bits per heavy atom. The van der Waals surface area contributed by atoms with Crippen LogP contribution in [0.2, 0.25) is 0 Å². The van der Waals surface area contributed by atoms with Crippen molar-refractivity contribution in [3.8, 4) is 0 Å². The van der Waals surface area contributed by atoms with E-state index in [-0.39, 0.29) is 18.4 Å². The van der Waals surface area contributed by atoms with Crippen LogP contribution < -0.4 is 0 Å². The van der Waals surface area contributed by atoms with Crippen molar-refractivity contribution in [2.75, 3.05) is 0 Å². The predicted molar refractivity (Wildman–Crippen MR) is 76.8 cm³/mol. The number of carbonyl (C=O) groups is 2. The van der Waals surface area contributed by atoms with E-state index in [1.54, 1.807) is 18.2 Å². The molecule has 0 bridgehead atoms. The Bertz CT molecular complexity index is 528. The third-order valence-corrected chi connectivity index (χ3v) is 3.42. The van der Waals surface area contributed by atoms with Gasteiger partial charge < -0.3 is 4.74 Å². The summed E-state index contributed by atoms with van der Waals surface area (Å²) in [6.07, 6.45) is 7.38. The number of hydrogen-bond acceptors (Lipinski definition) is 3. The molecule has 0 spiro atoms. The van der Waals surface area contributed by atoms with Gasteiger partial charge in [0.05, 0.1) is 11.8 Å². The van der Waals surface area contributed by atoms with Crippen LogP contribution in [0.15, 0.2) is 54.6 Å². The van der Waals surface area contributed by atoms with Crippen LogP contribution >= 0.6 is 0 Å². The van der Waals surface area contributed by atoms with Crippen molar-refractivity contribution < 1.29 is 14.3 Å². The van der Waals surface area contributed by atoms with Crippen molar-refractivity contribution in [1.82, 2.24) is 0 Å². The third-order valence-electron chi connectivity index (χ3n) is 3.42. The minimum atomic E-state index is -0.410. The van der Waals surface area contributed by atoms with Gasteiger partial charge >= 0.3 is 5.97 Å². The van der Waals surface area contributed by atoms with Crippen LogP contribution in [0.25, 0.3) is 0 Å². The first kappa shape index (κ1) is 14.3. The molecule has 2 atom stereocenters. The fraction of sp³-hybridized carbons (Fsp3) is 0.294. The molecule has 0 aliphatic heterocycles. The number of benzene rings is 1. The summed E-state index contributed by atoms with van der Waals surface area (Å²) in [5, 5.41) is 0. The predicted octanol–water partition coefficient (Wildman–Crippen LogP) is 3.07. The van der Waals surface area contributed by atoms with Gasteiger partial charge in [-0.2, -0.15) is 0 Å². The van der Waals surface area contributed by atoms with Crippen molar-refractivity contribution in [3.05, 3.63) is 60.2 Å². The lowest BCUT2D eigenvalue weighted by Crippen LogP contribution is -2.29. The van der Waals surface area contributed by atoms with E-state index in [1.807, 2.05) is 37.3 Å². The maximum Gasteiger partial charge on any atom is 0.310 e. The van der Waals surface area contributed by atoms with Crippen LogP contribution in [0.5, 0.6) is 0 Å². The first-order valence-electron chi connectivity index (χ1n) is 6.81. The highest BCUT2D eigenvalue weighted by molar-refractivity contribution is 5.97. The van der Waals surface area contributed by atoms with E-state index >= 15 is 0 Å². The maximum absolute atomic E-state index is 12.2. The normalized spacial score (nSPS) is 18.9. The molecule has 0 radical (unpaired) electrons. The molecule has 1 aromatic carbocycles. The Morgan fingerprint density at radius 2 is 2.00 bits per heavy atom. The SMILES string of the molecule is CCC(C(=O)OCc1ccccc1)C1C=CC=CC1=O. The quantitative estimate of drug-likeness (QED) is 0.772. The number of allylic oxidation sites excluding steroid dienone is 4. The Labute approximate surface area is 118 Å². The average Bonchev–Trinajstić information content (AvgIpc) is 2.49. The Morgan fingerprint density at radius 3 is 2.65 bits per heavy atom. The number of carbonyl (C=O) groups excluding carboxylic acids is 2. The van der Waals surface area contributed by atoms with Crippen molar-refractivity contribution >= 4 is 11.8 Å². The third kappa shape index (κ3) is 3.44. The number of ether oxygens (including phenoxy) is 1.